The monoisotopic (exact) mass is 120 g/mol. The molecule has 4 nitrogen and oxygen atoms in total. The SMILES string of the molecule is [2H]OC(=O)C(C)C(=O)O[2H]. The first-order valence-corrected chi connectivity index (χ1v) is 1.97. The van der Waals surface area contributed by atoms with Gasteiger partial charge in [-0.2, -0.15) is 0 Å². The lowest BCUT2D eigenvalue weighted by Crippen LogP contribution is -2.19. The zero-order chi connectivity index (χ0) is 8.15. The van der Waals surface area contributed by atoms with E-state index in [0.717, 1.165) is 0 Å². The molecule has 0 fully saturated rings. The number of carboxylic acids is 2. The van der Waals surface area contributed by atoms with Gasteiger partial charge in [-0.25, -0.2) is 0 Å². The standard InChI is InChI=1S/C4H6O4/c1-2(3(5)6)4(7)8/h2H,1H3,(H,5,6)(H,7,8)/i/hD2. The van der Waals surface area contributed by atoms with Gasteiger partial charge in [-0.05, 0) is 6.92 Å². The van der Waals surface area contributed by atoms with Crippen molar-refractivity contribution in [1.29, 1.82) is 2.86 Å². The molecular weight excluding hydrogens is 112 g/mol. The molecule has 0 aromatic rings. The fourth-order valence-electron chi connectivity index (χ4n) is 0.0962. The van der Waals surface area contributed by atoms with E-state index >= 15 is 0 Å². The number of aliphatic carboxylic acids is 2. The minimum Gasteiger partial charge on any atom is -0.481 e. The van der Waals surface area contributed by atoms with Gasteiger partial charge in [-0.3, -0.25) is 9.59 Å². The molecular formula is C4H6O4. The number of carboxylic acid groups (broad SMARTS) is 2. The van der Waals surface area contributed by atoms with Gasteiger partial charge in [0.05, 0.1) is 0 Å². The van der Waals surface area contributed by atoms with Crippen LogP contribution in [0.3, 0.4) is 0 Å². The molecule has 0 aliphatic heterocycles. The van der Waals surface area contributed by atoms with Gasteiger partial charge in [0.2, 0.25) is 0 Å². The van der Waals surface area contributed by atoms with E-state index in [2.05, 4.69) is 10.2 Å². The molecule has 4 heteroatoms. The summed E-state index contributed by atoms with van der Waals surface area (Å²) in [5.41, 5.74) is 0. The molecule has 46 valence electrons. The van der Waals surface area contributed by atoms with Crippen LogP contribution in [0.5, 0.6) is 0 Å². The molecule has 0 aliphatic carbocycles. The first-order valence-electron chi connectivity index (χ1n) is 2.79. The lowest BCUT2D eigenvalue weighted by atomic mass is 10.2. The van der Waals surface area contributed by atoms with Crippen molar-refractivity contribution in [3.8, 4) is 0 Å². The van der Waals surface area contributed by atoms with Crippen molar-refractivity contribution in [3.63, 3.8) is 0 Å². The molecule has 0 amide bonds. The minimum atomic E-state index is -1.20. The molecule has 0 aromatic carbocycles. The summed E-state index contributed by atoms with van der Waals surface area (Å²) in [7, 11) is 0. The normalized spacial score (nSPS) is 11.8. The Labute approximate surface area is 48.7 Å². The number of carbonyl (C=O) groups is 2. The number of rotatable bonds is 2. The molecule has 0 unspecified atom stereocenters. The molecule has 0 heterocycles. The van der Waals surface area contributed by atoms with Crippen LogP contribution in [0.15, 0.2) is 0 Å². The minimum absolute atomic E-state index is 1.03. The molecule has 2 N–H and O–H groups in total. The fraction of sp³-hybridized carbons (Fsp3) is 0.500. The predicted molar refractivity (Wildman–Crippen MR) is 24.4 cm³/mol. The van der Waals surface area contributed by atoms with Gasteiger partial charge in [0.15, 0.2) is 5.92 Å². The number of hydrogen-bond donors (Lipinski definition) is 2. The molecule has 0 radical (unpaired) electrons. The Kier molecular flexibility index (Phi) is 1.12. The summed E-state index contributed by atoms with van der Waals surface area (Å²) in [5, 5.41) is 6.92. The van der Waals surface area contributed by atoms with E-state index < -0.39 is 17.9 Å². The van der Waals surface area contributed by atoms with Crippen LogP contribution < -0.4 is 0 Å². The Balaban J connectivity index is 3.94. The Bertz CT molecular complexity index is 130. The third kappa shape index (κ3) is 1.59. The molecule has 0 saturated carbocycles. The van der Waals surface area contributed by atoms with Crippen molar-refractivity contribution in [1.82, 2.24) is 0 Å². The van der Waals surface area contributed by atoms with Gasteiger partial charge in [0, 0.05) is 0 Å². The van der Waals surface area contributed by atoms with Crippen molar-refractivity contribution >= 4 is 11.9 Å². The van der Waals surface area contributed by atoms with Gasteiger partial charge in [0.25, 0.3) is 2.86 Å². The Morgan fingerprint density at radius 3 is 2.12 bits per heavy atom. The average Bonchev–Trinajstić information content (AvgIpc) is 2.00. The maximum atomic E-state index is 10.3. The highest BCUT2D eigenvalue weighted by molar-refractivity contribution is 5.92. The average molecular weight is 120 g/mol. The van der Waals surface area contributed by atoms with Crippen LogP contribution in [0.1, 0.15) is 6.92 Å². The highest BCUT2D eigenvalue weighted by Crippen LogP contribution is 1.91. The van der Waals surface area contributed by atoms with E-state index in [4.69, 9.17) is 2.86 Å². The summed E-state index contributed by atoms with van der Waals surface area (Å²) < 4.78 is 12.2. The van der Waals surface area contributed by atoms with Gasteiger partial charge >= 0.3 is 11.9 Å². The van der Waals surface area contributed by atoms with E-state index in [9.17, 15) is 9.59 Å². The van der Waals surface area contributed by atoms with Gasteiger partial charge in [0.1, 0.15) is 0 Å². The highest BCUT2D eigenvalue weighted by Gasteiger charge is 2.18. The van der Waals surface area contributed by atoms with Crippen molar-refractivity contribution in [3.05, 3.63) is 0 Å². The van der Waals surface area contributed by atoms with Crippen molar-refractivity contribution in [2.45, 2.75) is 6.92 Å². The van der Waals surface area contributed by atoms with E-state index in [0.29, 0.717) is 0 Å². The molecule has 0 aromatic heterocycles. The first kappa shape index (κ1) is 3.88. The van der Waals surface area contributed by atoms with Crippen molar-refractivity contribution < 1.29 is 19.8 Å². The quantitative estimate of drug-likeness (QED) is 0.494. The van der Waals surface area contributed by atoms with E-state index in [1.54, 1.807) is 0 Å². The van der Waals surface area contributed by atoms with E-state index in [-0.39, 0.29) is 0 Å². The molecule has 0 atom stereocenters. The summed E-state index contributed by atoms with van der Waals surface area (Å²) in [6.45, 7) is 1.19. The molecule has 0 spiro atoms. The van der Waals surface area contributed by atoms with Gasteiger partial charge < -0.3 is 10.2 Å². The summed E-state index contributed by atoms with van der Waals surface area (Å²) in [5.74, 6) is -3.26. The summed E-state index contributed by atoms with van der Waals surface area (Å²) >= 11 is 0. The molecule has 8 heavy (non-hydrogen) atoms. The van der Waals surface area contributed by atoms with Crippen LogP contribution in [0.2, 0.25) is 0 Å². The second kappa shape index (κ2) is 2.30. The van der Waals surface area contributed by atoms with Crippen molar-refractivity contribution in [2.75, 3.05) is 0 Å². The van der Waals surface area contributed by atoms with Crippen molar-refractivity contribution in [2.24, 2.45) is 5.92 Å². The lowest BCUT2D eigenvalue weighted by molar-refractivity contribution is -0.153. The van der Waals surface area contributed by atoms with Crippen LogP contribution in [-0.2, 0) is 9.59 Å². The molecule has 0 bridgehead atoms. The third-order valence-corrected chi connectivity index (χ3v) is 0.707. The smallest absolute Gasteiger partial charge is 0.317 e. The largest absolute Gasteiger partial charge is 0.481 e. The Morgan fingerprint density at radius 1 is 1.50 bits per heavy atom. The molecule has 0 aliphatic rings. The lowest BCUT2D eigenvalue weighted by Gasteiger charge is -1.94. The van der Waals surface area contributed by atoms with Crippen LogP contribution in [-0.4, -0.2) is 22.2 Å². The van der Waals surface area contributed by atoms with E-state index in [1.165, 1.54) is 6.92 Å². The Hall–Kier alpha value is -1.06. The summed E-state index contributed by atoms with van der Waals surface area (Å²) in [6.07, 6.45) is 0. The number of hydrogen-bond acceptors (Lipinski definition) is 4. The maximum absolute atomic E-state index is 10.3. The fourth-order valence-corrected chi connectivity index (χ4v) is 0.0962. The summed E-state index contributed by atoms with van der Waals surface area (Å²) in [4.78, 5) is 20.6. The summed E-state index contributed by atoms with van der Waals surface area (Å²) in [6, 6.07) is 0. The van der Waals surface area contributed by atoms with Gasteiger partial charge in [-0.15, -0.1) is 0 Å². The van der Waals surface area contributed by atoms with Crippen LogP contribution in [0, 0.1) is 5.92 Å². The predicted octanol–water partition coefficient (Wildman–Crippen LogP) is -0.208. The topological polar surface area (TPSA) is 74.6 Å². The van der Waals surface area contributed by atoms with Gasteiger partial charge in [-0.1, -0.05) is 0 Å². The highest BCUT2D eigenvalue weighted by atomic mass is 16.4. The second-order valence-corrected chi connectivity index (χ2v) is 1.36. The first-order chi connectivity index (χ1) is 4.63. The zero-order valence-electron chi connectivity index (χ0n) is 6.21. The second-order valence-electron chi connectivity index (χ2n) is 1.36. The molecule has 0 saturated heterocycles. The molecule has 0 rings (SSSR count). The van der Waals surface area contributed by atoms with Crippen LogP contribution in [0.25, 0.3) is 2.86 Å². The van der Waals surface area contributed by atoms with Crippen LogP contribution in [0.4, 0.5) is 0 Å². The van der Waals surface area contributed by atoms with Crippen LogP contribution >= 0.6 is 0 Å². The van der Waals surface area contributed by atoms with E-state index in [1.807, 2.05) is 0 Å². The zero-order valence-corrected chi connectivity index (χ0v) is 4.21. The Morgan fingerprint density at radius 2 is 1.88 bits per heavy atom. The maximum Gasteiger partial charge on any atom is 0.317 e. The third-order valence-electron chi connectivity index (χ3n) is 0.707.